The summed E-state index contributed by atoms with van der Waals surface area (Å²) in [4.78, 5) is 13.8. The monoisotopic (exact) mass is 576 g/mol. The molecule has 0 saturated carbocycles. The molecule has 0 aromatic heterocycles. The summed E-state index contributed by atoms with van der Waals surface area (Å²) >= 11 is 1.60. The van der Waals surface area contributed by atoms with Crippen molar-refractivity contribution in [2.45, 2.75) is 21.3 Å². The van der Waals surface area contributed by atoms with Crippen LogP contribution in [0.5, 0.6) is 0 Å². The summed E-state index contributed by atoms with van der Waals surface area (Å²) in [5.74, 6) is 0. The molecule has 4 heteroatoms. The molecule has 1 aliphatic rings. The Morgan fingerprint density at radius 2 is 0.708 bits per heavy atom. The molecule has 0 atom stereocenters. The van der Waals surface area contributed by atoms with Crippen LogP contribution in [0.4, 0.5) is 0 Å². The molecule has 120 valence electrons. The average Bonchev–Trinajstić information content (AvgIpc) is 2.62. The van der Waals surface area contributed by atoms with Gasteiger partial charge in [-0.15, -0.1) is 0 Å². The SMILES string of the molecule is C1#C[Se]Cc2ccccc2C[Se]C#C[Se]Cc2ccccc2C[Se]1. The standard InChI is InChI=1S/C20H16Se4/c1-2-6-18-14-22-11-12-24-16-20-8-4-3-7-19(20)15-23-10-9-21-13-17(18)5-1/h1-8H,13-16H2. The van der Waals surface area contributed by atoms with E-state index in [4.69, 9.17) is 0 Å². The van der Waals surface area contributed by atoms with E-state index in [2.05, 4.69) is 67.8 Å². The Kier molecular flexibility index (Phi) is 8.13. The van der Waals surface area contributed by atoms with Gasteiger partial charge in [-0.3, -0.25) is 0 Å². The zero-order valence-electron chi connectivity index (χ0n) is 13.1. The van der Waals surface area contributed by atoms with Gasteiger partial charge < -0.3 is 0 Å². The van der Waals surface area contributed by atoms with Crippen LogP contribution >= 0.6 is 0 Å². The van der Waals surface area contributed by atoms with Crippen molar-refractivity contribution in [1.82, 2.24) is 0 Å². The third-order valence-electron chi connectivity index (χ3n) is 3.52. The zero-order valence-corrected chi connectivity index (χ0v) is 19.9. The molecule has 2 aromatic carbocycles. The van der Waals surface area contributed by atoms with Gasteiger partial charge in [0.25, 0.3) is 0 Å². The van der Waals surface area contributed by atoms with Crippen molar-refractivity contribution < 1.29 is 0 Å². The summed E-state index contributed by atoms with van der Waals surface area (Å²) in [6, 6.07) is 17.7. The number of benzene rings is 2. The first-order valence-electron chi connectivity index (χ1n) is 7.54. The number of hydrogen-bond acceptors (Lipinski definition) is 0. The first-order chi connectivity index (χ1) is 11.9. The number of fused-ring (bicyclic) bond motifs is 2. The molecule has 0 N–H and O–H groups in total. The first-order valence-corrected chi connectivity index (χ1v) is 15.8. The van der Waals surface area contributed by atoms with E-state index in [0.717, 1.165) is 21.3 Å². The van der Waals surface area contributed by atoms with E-state index >= 15 is 0 Å². The molecule has 0 bridgehead atoms. The number of rotatable bonds is 0. The predicted octanol–water partition coefficient (Wildman–Crippen LogP) is 2.05. The second kappa shape index (κ2) is 10.6. The molecule has 0 unspecified atom stereocenters. The quantitative estimate of drug-likeness (QED) is 0.335. The molecule has 3 rings (SSSR count). The first kappa shape index (κ1) is 18.4. The fourth-order valence-electron chi connectivity index (χ4n) is 2.25. The summed E-state index contributed by atoms with van der Waals surface area (Å²) < 4.78 is 0. The average molecular weight is 572 g/mol. The molecule has 0 spiro atoms. The summed E-state index contributed by atoms with van der Waals surface area (Å²) in [5.41, 5.74) is 5.97. The van der Waals surface area contributed by atoms with Crippen LogP contribution in [0.1, 0.15) is 22.3 Å². The van der Waals surface area contributed by atoms with Crippen molar-refractivity contribution in [3.8, 4) is 19.3 Å². The van der Waals surface area contributed by atoms with Gasteiger partial charge in [-0.05, 0) is 0 Å². The summed E-state index contributed by atoms with van der Waals surface area (Å²) in [5, 5.41) is 4.54. The molecular formula is C20H16Se4. The summed E-state index contributed by atoms with van der Waals surface area (Å²) in [6.45, 7) is 0. The van der Waals surface area contributed by atoms with Crippen LogP contribution in [0.3, 0.4) is 0 Å². The third-order valence-corrected chi connectivity index (χ3v) is 10.7. The van der Waals surface area contributed by atoms with Crippen molar-refractivity contribution in [3.63, 3.8) is 0 Å². The fourth-order valence-corrected chi connectivity index (χ4v) is 9.59. The van der Waals surface area contributed by atoms with E-state index in [9.17, 15) is 0 Å². The Morgan fingerprint density at radius 3 is 0.958 bits per heavy atom. The Hall–Kier alpha value is -0.362. The van der Waals surface area contributed by atoms with Crippen LogP contribution < -0.4 is 0 Å². The molecule has 0 saturated heterocycles. The van der Waals surface area contributed by atoms with Crippen LogP contribution in [0.2, 0.25) is 0 Å². The molecule has 0 nitrogen and oxygen atoms in total. The molecule has 0 fully saturated rings. The second-order valence-corrected chi connectivity index (χ2v) is 11.7. The summed E-state index contributed by atoms with van der Waals surface area (Å²) in [7, 11) is 0. The van der Waals surface area contributed by atoms with Crippen molar-refractivity contribution in [2.24, 2.45) is 0 Å². The van der Waals surface area contributed by atoms with Crippen molar-refractivity contribution in [3.05, 3.63) is 70.8 Å². The number of hydrogen-bond donors (Lipinski definition) is 0. The molecule has 2 aromatic rings. The third kappa shape index (κ3) is 5.87. The Labute approximate surface area is 170 Å². The van der Waals surface area contributed by atoms with E-state index < -0.39 is 0 Å². The van der Waals surface area contributed by atoms with Gasteiger partial charge in [-0.2, -0.15) is 0 Å². The van der Waals surface area contributed by atoms with E-state index in [1.165, 1.54) is 22.3 Å². The summed E-state index contributed by atoms with van der Waals surface area (Å²) in [6.07, 6.45) is 0. The molecule has 0 aliphatic carbocycles. The van der Waals surface area contributed by atoms with Crippen molar-refractivity contribution in [2.75, 3.05) is 0 Å². The molecule has 24 heavy (non-hydrogen) atoms. The molecular weight excluding hydrogens is 556 g/mol. The van der Waals surface area contributed by atoms with Crippen molar-refractivity contribution >= 4 is 59.8 Å². The van der Waals surface area contributed by atoms with E-state index in [1.54, 1.807) is 0 Å². The van der Waals surface area contributed by atoms with E-state index in [-0.39, 0.29) is 0 Å². The van der Waals surface area contributed by atoms with Crippen molar-refractivity contribution in [1.29, 1.82) is 0 Å². The topological polar surface area (TPSA) is 0 Å². The van der Waals surface area contributed by atoms with Gasteiger partial charge in [-0.1, -0.05) is 0 Å². The minimum atomic E-state index is 0.399. The zero-order chi connectivity index (χ0) is 16.5. The van der Waals surface area contributed by atoms with Gasteiger partial charge in [0.1, 0.15) is 0 Å². The van der Waals surface area contributed by atoms with E-state index in [0.29, 0.717) is 59.8 Å². The van der Waals surface area contributed by atoms with Gasteiger partial charge >= 0.3 is 171 Å². The van der Waals surface area contributed by atoms with Gasteiger partial charge in [0.05, 0.1) is 0 Å². The van der Waals surface area contributed by atoms with Gasteiger partial charge in [0.2, 0.25) is 0 Å². The fraction of sp³-hybridized carbons (Fsp3) is 0.200. The van der Waals surface area contributed by atoms with Gasteiger partial charge in [-0.25, -0.2) is 0 Å². The molecule has 0 amide bonds. The van der Waals surface area contributed by atoms with Gasteiger partial charge in [0, 0.05) is 0 Å². The predicted molar refractivity (Wildman–Crippen MR) is 106 cm³/mol. The van der Waals surface area contributed by atoms with E-state index in [1.807, 2.05) is 0 Å². The normalized spacial score (nSPS) is 15.0. The van der Waals surface area contributed by atoms with Gasteiger partial charge in [0.15, 0.2) is 0 Å². The maximum absolute atomic E-state index is 3.46. The Bertz CT molecular complexity index is 674. The molecule has 0 radical (unpaired) electrons. The van der Waals surface area contributed by atoms with Crippen LogP contribution in [0.15, 0.2) is 48.5 Å². The minimum absolute atomic E-state index is 0.399. The Balaban J connectivity index is 1.75. The molecule has 1 heterocycles. The van der Waals surface area contributed by atoms with Crippen LogP contribution in [-0.2, 0) is 21.3 Å². The maximum atomic E-state index is 3.46. The second-order valence-electron chi connectivity index (χ2n) is 5.10. The van der Waals surface area contributed by atoms with Crippen LogP contribution in [-0.4, -0.2) is 59.8 Å². The van der Waals surface area contributed by atoms with Crippen LogP contribution in [0, 0.1) is 19.3 Å². The molecule has 1 aliphatic heterocycles. The van der Waals surface area contributed by atoms with Crippen LogP contribution in [0.25, 0.3) is 0 Å². The Morgan fingerprint density at radius 1 is 0.458 bits per heavy atom.